The van der Waals surface area contributed by atoms with Crippen LogP contribution in [0.4, 0.5) is 0 Å². The molecule has 0 aliphatic rings. The molecule has 4 aromatic heterocycles. The molecular weight excluding hydrogens is 1220 g/mol. The van der Waals surface area contributed by atoms with Crippen molar-refractivity contribution in [1.82, 2.24) is 15.0 Å². The molecule has 0 aliphatic carbocycles. The lowest BCUT2D eigenvalue weighted by Gasteiger charge is -2.18. The predicted octanol–water partition coefficient (Wildman–Crippen LogP) is 26.2. The van der Waals surface area contributed by atoms with Crippen molar-refractivity contribution in [2.45, 2.75) is 0 Å². The molecule has 0 bridgehead atoms. The fourth-order valence-electron chi connectivity index (χ4n) is 16.4. The Hall–Kier alpha value is -13.4. The van der Waals surface area contributed by atoms with Gasteiger partial charge in [-0.15, -0.1) is 0 Å². The molecule has 0 saturated heterocycles. The van der Waals surface area contributed by atoms with Crippen molar-refractivity contribution < 1.29 is 8.83 Å². The highest BCUT2D eigenvalue weighted by Crippen LogP contribution is 2.50. The summed E-state index contributed by atoms with van der Waals surface area (Å²) < 4.78 is 13.9. The average Bonchev–Trinajstić information content (AvgIpc) is 1.41. The second kappa shape index (κ2) is 22.1. The van der Waals surface area contributed by atoms with E-state index in [2.05, 4.69) is 334 Å². The Kier molecular flexibility index (Phi) is 12.4. The summed E-state index contributed by atoms with van der Waals surface area (Å²) in [5.74, 6) is 0.655. The van der Waals surface area contributed by atoms with E-state index < -0.39 is 0 Å². The topological polar surface area (TPSA) is 65.0 Å². The highest BCUT2D eigenvalue weighted by Gasteiger charge is 2.25. The van der Waals surface area contributed by atoms with Crippen molar-refractivity contribution in [3.63, 3.8) is 0 Å². The van der Waals surface area contributed by atoms with Crippen molar-refractivity contribution in [3.05, 3.63) is 334 Å². The standard InChI is InChI=1S/C95H55N3O2/c1-2-23-56(24-3-1)83-55-84(98-95(97-83)92-75-41-16-12-37-71(75)88(72-38-13-17-42-76(72)92)62-48-50-80-86(54-62)100-94-78-44-19-7-32-66(78)64-30-5-9-34-68(64)91(80)94)60-28-21-26-58(52-60)57-25-20-27-59(51-57)81-45-22-46-82(96-81)89-73-39-14-10-35-69(73)87(70-36-11-15-40-74(70)89)61-47-49-79-85(53-61)99-93-77-43-18-6-31-65(77)63-29-4-8-33-67(63)90(79)93/h1-55H. The molecule has 5 heteroatoms. The molecular formula is C95H55N3O2. The van der Waals surface area contributed by atoms with Crippen molar-refractivity contribution in [2.75, 3.05) is 0 Å². The zero-order valence-corrected chi connectivity index (χ0v) is 53.9. The van der Waals surface area contributed by atoms with E-state index in [1.54, 1.807) is 0 Å². The van der Waals surface area contributed by atoms with Crippen LogP contribution in [0.25, 0.3) is 220 Å². The minimum Gasteiger partial charge on any atom is -0.455 e. The SMILES string of the molecule is c1ccc(-c2cc(-c3cccc(-c4cccc(-c5cccc(-c6c7ccccc7c(-c7ccc8c(c7)oc7c9ccccc9c9ccccc9c87)c7ccccc67)n5)c4)c3)nc(-c3c4ccccc4c(-c4ccc5c(c4)oc4c6ccccc6c6ccccc6c54)c4ccccc34)n2)cc1. The van der Waals surface area contributed by atoms with Crippen molar-refractivity contribution in [3.8, 4) is 89.8 Å². The number of rotatable bonds is 8. The smallest absolute Gasteiger partial charge is 0.161 e. The third-order valence-electron chi connectivity index (χ3n) is 20.8. The lowest BCUT2D eigenvalue weighted by molar-refractivity contribution is 0.672. The molecule has 462 valence electrons. The van der Waals surface area contributed by atoms with Gasteiger partial charge >= 0.3 is 0 Å². The number of benzene rings is 17. The van der Waals surface area contributed by atoms with Crippen LogP contribution in [0.15, 0.2) is 342 Å². The average molecular weight is 1270 g/mol. The van der Waals surface area contributed by atoms with E-state index in [4.69, 9.17) is 23.8 Å². The Bertz CT molecular complexity index is 6930. The number of fused-ring (bicyclic) bond motifs is 20. The summed E-state index contributed by atoms with van der Waals surface area (Å²) in [6.07, 6.45) is 0. The van der Waals surface area contributed by atoms with Crippen LogP contribution >= 0.6 is 0 Å². The lowest BCUT2D eigenvalue weighted by atomic mass is 9.87. The monoisotopic (exact) mass is 1270 g/mol. The molecule has 17 aromatic carbocycles. The molecule has 0 aliphatic heterocycles. The van der Waals surface area contributed by atoms with Gasteiger partial charge in [0.1, 0.15) is 22.3 Å². The normalized spacial score (nSPS) is 12.0. The van der Waals surface area contributed by atoms with Crippen LogP contribution in [0, 0.1) is 0 Å². The molecule has 100 heavy (non-hydrogen) atoms. The summed E-state index contributed by atoms with van der Waals surface area (Å²) in [7, 11) is 0. The molecule has 0 fully saturated rings. The fourth-order valence-corrected chi connectivity index (χ4v) is 16.4. The van der Waals surface area contributed by atoms with Gasteiger partial charge in [-0.3, -0.25) is 0 Å². The Balaban J connectivity index is 0.661. The zero-order valence-electron chi connectivity index (χ0n) is 53.9. The Morgan fingerprint density at radius 2 is 0.500 bits per heavy atom. The van der Waals surface area contributed by atoms with Crippen LogP contribution in [0.2, 0.25) is 0 Å². The number of aromatic nitrogens is 3. The van der Waals surface area contributed by atoms with E-state index in [0.717, 1.165) is 176 Å². The summed E-state index contributed by atoms with van der Waals surface area (Å²) >= 11 is 0. The third-order valence-corrected chi connectivity index (χ3v) is 20.8. The van der Waals surface area contributed by atoms with Gasteiger partial charge in [0.05, 0.1) is 22.8 Å². The number of pyridine rings is 1. The van der Waals surface area contributed by atoms with Crippen molar-refractivity contribution in [2.24, 2.45) is 0 Å². The van der Waals surface area contributed by atoms with Crippen molar-refractivity contribution in [1.29, 1.82) is 0 Å². The molecule has 0 unspecified atom stereocenters. The maximum absolute atomic E-state index is 6.99. The first-order chi connectivity index (χ1) is 49.6. The van der Waals surface area contributed by atoms with Gasteiger partial charge in [0, 0.05) is 60.1 Å². The van der Waals surface area contributed by atoms with Gasteiger partial charge in [-0.05, 0) is 163 Å². The summed E-state index contributed by atoms with van der Waals surface area (Å²) in [5, 5.41) is 22.9. The van der Waals surface area contributed by atoms with Crippen LogP contribution in [0.3, 0.4) is 0 Å². The minimum atomic E-state index is 0.655. The minimum absolute atomic E-state index is 0.655. The molecule has 5 nitrogen and oxygen atoms in total. The highest BCUT2D eigenvalue weighted by molar-refractivity contribution is 6.33. The van der Waals surface area contributed by atoms with Crippen LogP contribution in [0.5, 0.6) is 0 Å². The van der Waals surface area contributed by atoms with E-state index in [9.17, 15) is 0 Å². The molecule has 0 saturated carbocycles. The zero-order chi connectivity index (χ0) is 65.5. The summed E-state index contributed by atoms with van der Waals surface area (Å²) in [4.78, 5) is 16.7. The maximum atomic E-state index is 6.99. The number of furan rings is 2. The quantitative estimate of drug-likeness (QED) is 0.112. The maximum Gasteiger partial charge on any atom is 0.161 e. The van der Waals surface area contributed by atoms with Gasteiger partial charge in [0.25, 0.3) is 0 Å². The fraction of sp³-hybridized carbons (Fsp3) is 0. The van der Waals surface area contributed by atoms with Crippen molar-refractivity contribution >= 4 is 130 Å². The molecule has 21 rings (SSSR count). The molecule has 0 N–H and O–H groups in total. The molecule has 0 atom stereocenters. The van der Waals surface area contributed by atoms with Gasteiger partial charge in [0.2, 0.25) is 0 Å². The molecule has 21 aromatic rings. The first-order valence-corrected chi connectivity index (χ1v) is 34.1. The molecule has 0 amide bonds. The van der Waals surface area contributed by atoms with Gasteiger partial charge in [0.15, 0.2) is 5.82 Å². The number of nitrogens with zero attached hydrogens (tertiary/aromatic N) is 3. The Morgan fingerprint density at radius 3 is 0.960 bits per heavy atom. The van der Waals surface area contributed by atoms with Crippen LogP contribution < -0.4 is 0 Å². The van der Waals surface area contributed by atoms with Gasteiger partial charge in [-0.25, -0.2) is 15.0 Å². The molecule has 0 spiro atoms. The second-order valence-electron chi connectivity index (χ2n) is 26.3. The third kappa shape index (κ3) is 8.59. The lowest BCUT2D eigenvalue weighted by Crippen LogP contribution is -1.98. The largest absolute Gasteiger partial charge is 0.455 e. The molecule has 4 heterocycles. The van der Waals surface area contributed by atoms with Crippen LogP contribution in [-0.2, 0) is 0 Å². The van der Waals surface area contributed by atoms with Gasteiger partial charge < -0.3 is 8.83 Å². The van der Waals surface area contributed by atoms with Gasteiger partial charge in [-0.2, -0.15) is 0 Å². The summed E-state index contributed by atoms with van der Waals surface area (Å²) in [6, 6.07) is 120. The van der Waals surface area contributed by atoms with E-state index in [1.165, 1.54) is 37.9 Å². The second-order valence-corrected chi connectivity index (χ2v) is 26.3. The highest BCUT2D eigenvalue weighted by atomic mass is 16.3. The Labute approximate surface area is 573 Å². The van der Waals surface area contributed by atoms with Crippen LogP contribution in [-0.4, -0.2) is 15.0 Å². The summed E-state index contributed by atoms with van der Waals surface area (Å²) in [6.45, 7) is 0. The number of hydrogen-bond donors (Lipinski definition) is 0. The van der Waals surface area contributed by atoms with E-state index >= 15 is 0 Å². The first-order valence-electron chi connectivity index (χ1n) is 34.1. The summed E-state index contributed by atoms with van der Waals surface area (Å²) in [5.41, 5.74) is 18.7. The number of hydrogen-bond acceptors (Lipinski definition) is 5. The van der Waals surface area contributed by atoms with Gasteiger partial charge in [-0.1, -0.05) is 279 Å². The van der Waals surface area contributed by atoms with Crippen LogP contribution in [0.1, 0.15) is 0 Å². The predicted molar refractivity (Wildman–Crippen MR) is 418 cm³/mol. The van der Waals surface area contributed by atoms with E-state index in [0.29, 0.717) is 5.82 Å². The van der Waals surface area contributed by atoms with E-state index in [-0.39, 0.29) is 0 Å². The van der Waals surface area contributed by atoms with E-state index in [1.807, 2.05) is 0 Å². The Morgan fingerprint density at radius 1 is 0.170 bits per heavy atom. The molecule has 0 radical (unpaired) electrons. The first kappa shape index (κ1) is 55.9.